The van der Waals surface area contributed by atoms with E-state index in [0.717, 1.165) is 5.56 Å². The van der Waals surface area contributed by atoms with Gasteiger partial charge in [-0.2, -0.15) is 0 Å². The van der Waals surface area contributed by atoms with Gasteiger partial charge in [0.25, 0.3) is 0 Å². The first-order valence-corrected chi connectivity index (χ1v) is 6.80. The summed E-state index contributed by atoms with van der Waals surface area (Å²) in [4.78, 5) is 0.283. The molecule has 5 heteroatoms. The lowest BCUT2D eigenvalue weighted by Crippen LogP contribution is -2.11. The van der Waals surface area contributed by atoms with Crippen molar-refractivity contribution in [2.75, 3.05) is 7.11 Å². The van der Waals surface area contributed by atoms with Crippen LogP contribution in [0.25, 0.3) is 0 Å². The second-order valence-electron chi connectivity index (χ2n) is 4.48. The van der Waals surface area contributed by atoms with Crippen LogP contribution in [0.15, 0.2) is 42.5 Å². The summed E-state index contributed by atoms with van der Waals surface area (Å²) in [5, 5.41) is 0. The smallest absolute Gasteiger partial charge is 0.129 e. The summed E-state index contributed by atoms with van der Waals surface area (Å²) in [5.74, 6) is 0.341. The highest BCUT2D eigenvalue weighted by Gasteiger charge is 2.07. The number of thiocarbonyl (C=S) groups is 1. The molecule has 0 aliphatic heterocycles. The maximum Gasteiger partial charge on any atom is 0.129 e. The molecule has 2 rings (SSSR count). The van der Waals surface area contributed by atoms with E-state index >= 15 is 0 Å². The minimum absolute atomic E-state index is 0.214. The number of ether oxygens (including phenoxy) is 2. The molecule has 0 bridgehead atoms. The van der Waals surface area contributed by atoms with Gasteiger partial charge in [0.15, 0.2) is 0 Å². The third kappa shape index (κ3) is 4.00. The maximum absolute atomic E-state index is 13.4. The van der Waals surface area contributed by atoms with Crippen LogP contribution in [-0.4, -0.2) is 12.1 Å². The zero-order chi connectivity index (χ0) is 15.2. The average Bonchev–Trinajstić information content (AvgIpc) is 2.48. The Hall–Kier alpha value is -1.98. The van der Waals surface area contributed by atoms with Crippen LogP contribution < -0.4 is 10.5 Å². The van der Waals surface area contributed by atoms with E-state index < -0.39 is 0 Å². The molecule has 0 amide bonds. The van der Waals surface area contributed by atoms with Crippen molar-refractivity contribution < 1.29 is 13.9 Å². The van der Waals surface area contributed by atoms with Crippen molar-refractivity contribution in [2.24, 2.45) is 5.73 Å². The van der Waals surface area contributed by atoms with Crippen molar-refractivity contribution in [2.45, 2.75) is 13.2 Å². The van der Waals surface area contributed by atoms with Gasteiger partial charge in [-0.3, -0.25) is 0 Å². The molecule has 0 aliphatic carbocycles. The van der Waals surface area contributed by atoms with Crippen molar-refractivity contribution in [1.29, 1.82) is 0 Å². The molecule has 0 fully saturated rings. The second-order valence-corrected chi connectivity index (χ2v) is 4.92. The fourth-order valence-corrected chi connectivity index (χ4v) is 2.09. The lowest BCUT2D eigenvalue weighted by atomic mass is 10.1. The van der Waals surface area contributed by atoms with Gasteiger partial charge in [-0.1, -0.05) is 36.5 Å². The molecule has 0 aliphatic rings. The quantitative estimate of drug-likeness (QED) is 0.833. The van der Waals surface area contributed by atoms with Gasteiger partial charge in [-0.05, 0) is 23.8 Å². The van der Waals surface area contributed by atoms with Gasteiger partial charge in [0.1, 0.15) is 16.6 Å². The lowest BCUT2D eigenvalue weighted by Gasteiger charge is -2.10. The molecule has 0 saturated carbocycles. The molecule has 0 heterocycles. The van der Waals surface area contributed by atoms with E-state index in [-0.39, 0.29) is 17.4 Å². The average molecular weight is 305 g/mol. The summed E-state index contributed by atoms with van der Waals surface area (Å²) in [6.07, 6.45) is 0. The minimum atomic E-state index is -0.265. The number of benzene rings is 2. The third-order valence-corrected chi connectivity index (χ3v) is 3.24. The van der Waals surface area contributed by atoms with E-state index in [1.54, 1.807) is 31.4 Å². The highest BCUT2D eigenvalue weighted by molar-refractivity contribution is 7.80. The Morgan fingerprint density at radius 2 is 1.95 bits per heavy atom. The zero-order valence-electron chi connectivity index (χ0n) is 11.6. The Morgan fingerprint density at radius 3 is 2.62 bits per heavy atom. The van der Waals surface area contributed by atoms with Crippen LogP contribution in [0.1, 0.15) is 16.7 Å². The lowest BCUT2D eigenvalue weighted by molar-refractivity contribution is 0.104. The van der Waals surface area contributed by atoms with Crippen LogP contribution in [0.2, 0.25) is 0 Å². The highest BCUT2D eigenvalue weighted by Crippen LogP contribution is 2.21. The molecule has 110 valence electrons. The normalized spacial score (nSPS) is 10.4. The van der Waals surface area contributed by atoms with Crippen LogP contribution >= 0.6 is 12.2 Å². The van der Waals surface area contributed by atoms with Gasteiger partial charge >= 0.3 is 0 Å². The monoisotopic (exact) mass is 305 g/mol. The minimum Gasteiger partial charge on any atom is -0.496 e. The predicted octanol–water partition coefficient (Wildman–Crippen LogP) is 3.19. The summed E-state index contributed by atoms with van der Waals surface area (Å²) in [5.41, 5.74) is 7.73. The largest absolute Gasteiger partial charge is 0.496 e. The molecule has 2 aromatic rings. The maximum atomic E-state index is 13.4. The number of rotatable bonds is 6. The molecule has 2 N–H and O–H groups in total. The number of nitrogens with two attached hydrogens (primary N) is 1. The highest BCUT2D eigenvalue weighted by atomic mass is 32.1. The van der Waals surface area contributed by atoms with Crippen LogP contribution in [0.3, 0.4) is 0 Å². The summed E-state index contributed by atoms with van der Waals surface area (Å²) in [6.45, 7) is 0.564. The van der Waals surface area contributed by atoms with Gasteiger partial charge in [-0.25, -0.2) is 4.39 Å². The van der Waals surface area contributed by atoms with Crippen molar-refractivity contribution in [3.05, 3.63) is 65.0 Å². The van der Waals surface area contributed by atoms with Crippen LogP contribution in [0.5, 0.6) is 5.75 Å². The molecule has 0 aromatic heterocycles. The second kappa shape index (κ2) is 7.15. The number of methoxy groups -OCH3 is 1. The van der Waals surface area contributed by atoms with Crippen molar-refractivity contribution >= 4 is 17.2 Å². The molecule has 0 saturated heterocycles. The molecule has 0 unspecified atom stereocenters. The fraction of sp³-hybridized carbons (Fsp3) is 0.188. The van der Waals surface area contributed by atoms with E-state index in [9.17, 15) is 4.39 Å². The molecule has 2 aromatic carbocycles. The van der Waals surface area contributed by atoms with Crippen LogP contribution in [0.4, 0.5) is 4.39 Å². The van der Waals surface area contributed by atoms with Gasteiger partial charge < -0.3 is 15.2 Å². The predicted molar refractivity (Wildman–Crippen MR) is 83.8 cm³/mol. The first kappa shape index (κ1) is 15.4. The molecule has 0 spiro atoms. The van der Waals surface area contributed by atoms with Crippen molar-refractivity contribution in [3.8, 4) is 5.75 Å². The fourth-order valence-electron chi connectivity index (χ4n) is 1.92. The van der Waals surface area contributed by atoms with Gasteiger partial charge in [0, 0.05) is 5.56 Å². The molecule has 21 heavy (non-hydrogen) atoms. The van der Waals surface area contributed by atoms with Gasteiger partial charge in [0.05, 0.1) is 25.9 Å². The van der Waals surface area contributed by atoms with E-state index in [1.807, 2.05) is 12.1 Å². The van der Waals surface area contributed by atoms with E-state index in [4.69, 9.17) is 27.4 Å². The topological polar surface area (TPSA) is 44.5 Å². The van der Waals surface area contributed by atoms with Crippen LogP contribution in [0, 0.1) is 5.82 Å². The summed E-state index contributed by atoms with van der Waals surface area (Å²) >= 11 is 4.95. The Balaban J connectivity index is 2.01. The molecule has 3 nitrogen and oxygen atoms in total. The number of hydrogen-bond donors (Lipinski definition) is 1. The number of halogens is 1. The SMILES string of the molecule is COc1cc(COCc2ccccc2F)ccc1C(N)=S. The van der Waals surface area contributed by atoms with Crippen molar-refractivity contribution in [1.82, 2.24) is 0 Å². The number of hydrogen-bond acceptors (Lipinski definition) is 3. The Bertz CT molecular complexity index is 646. The Labute approximate surface area is 128 Å². The van der Waals surface area contributed by atoms with E-state index in [1.165, 1.54) is 6.07 Å². The van der Waals surface area contributed by atoms with Crippen molar-refractivity contribution in [3.63, 3.8) is 0 Å². The Morgan fingerprint density at radius 1 is 1.19 bits per heavy atom. The zero-order valence-corrected chi connectivity index (χ0v) is 12.5. The summed E-state index contributed by atoms with van der Waals surface area (Å²) in [6, 6.07) is 12.0. The molecular weight excluding hydrogens is 289 g/mol. The molecule has 0 atom stereocenters. The third-order valence-electron chi connectivity index (χ3n) is 3.02. The first-order valence-electron chi connectivity index (χ1n) is 6.39. The standard InChI is InChI=1S/C16H16FNO2S/c1-19-15-8-11(6-7-13(15)16(18)21)9-20-10-12-4-2-3-5-14(12)17/h2-8H,9-10H2,1H3,(H2,18,21). The summed E-state index contributed by atoms with van der Waals surface area (Å²) in [7, 11) is 1.56. The van der Waals surface area contributed by atoms with E-state index in [2.05, 4.69) is 0 Å². The summed E-state index contributed by atoms with van der Waals surface area (Å²) < 4.78 is 24.2. The molecule has 0 radical (unpaired) electrons. The van der Waals surface area contributed by atoms with Crippen LogP contribution in [-0.2, 0) is 18.0 Å². The first-order chi connectivity index (χ1) is 10.1. The van der Waals surface area contributed by atoms with Gasteiger partial charge in [0.2, 0.25) is 0 Å². The molecular formula is C16H16FNO2S. The van der Waals surface area contributed by atoms with Gasteiger partial charge in [-0.15, -0.1) is 0 Å². The van der Waals surface area contributed by atoms with E-state index in [0.29, 0.717) is 23.5 Å². The Kier molecular flexibility index (Phi) is 5.25.